The highest BCUT2D eigenvalue weighted by Gasteiger charge is 2.26. The maximum atomic E-state index is 6.58. The molecule has 9 rings (SSSR count). The molecule has 1 N–H and O–H groups in total. The number of hydrogen-bond acceptors (Lipinski definition) is 5. The lowest BCUT2D eigenvalue weighted by Crippen LogP contribution is -2.33. The van der Waals surface area contributed by atoms with Crippen molar-refractivity contribution in [2.45, 2.75) is 6.17 Å². The molecule has 0 amide bonds. The summed E-state index contributed by atoms with van der Waals surface area (Å²) < 4.78 is 6.58. The summed E-state index contributed by atoms with van der Waals surface area (Å²) in [7, 11) is 0. The van der Waals surface area contributed by atoms with Gasteiger partial charge < -0.3 is 9.73 Å². The molecule has 3 heterocycles. The molecule has 1 unspecified atom stereocenters. The molecule has 2 aromatic heterocycles. The van der Waals surface area contributed by atoms with Gasteiger partial charge in [0, 0.05) is 33.7 Å². The molecule has 45 heavy (non-hydrogen) atoms. The van der Waals surface area contributed by atoms with Gasteiger partial charge in [0.05, 0.1) is 0 Å². The predicted octanol–water partition coefficient (Wildman–Crippen LogP) is 9.45. The van der Waals surface area contributed by atoms with Crippen LogP contribution in [0.3, 0.4) is 0 Å². The standard InChI is InChI=1S/C40H26N4O/c1-2-12-27(13-3-1)38-42-39(31-21-19-26-11-5-7-15-29(26)23-31)44-40(43-38)33-24-41-36(30-20-18-25-10-4-6-14-28(25)22-30)37-35(33)32-16-8-9-17-34(32)45-37/h1-24,39H,(H,42,43,44). The second kappa shape index (κ2) is 10.3. The highest BCUT2D eigenvalue weighted by molar-refractivity contribution is 6.23. The maximum absolute atomic E-state index is 6.58. The zero-order chi connectivity index (χ0) is 29.7. The lowest BCUT2D eigenvalue weighted by molar-refractivity contribution is 0.667. The predicted molar refractivity (Wildman–Crippen MR) is 184 cm³/mol. The first-order chi connectivity index (χ1) is 22.3. The van der Waals surface area contributed by atoms with Crippen molar-refractivity contribution in [3.63, 3.8) is 0 Å². The normalized spacial score (nSPS) is 14.9. The lowest BCUT2D eigenvalue weighted by atomic mass is 10.0. The molecule has 5 heteroatoms. The van der Waals surface area contributed by atoms with E-state index >= 15 is 0 Å². The third kappa shape index (κ3) is 4.36. The molecule has 5 nitrogen and oxygen atoms in total. The molecule has 212 valence electrons. The van der Waals surface area contributed by atoms with E-state index in [0.29, 0.717) is 11.7 Å². The number of aliphatic imine (C=N–C) groups is 2. The Labute approximate surface area is 259 Å². The van der Waals surface area contributed by atoms with E-state index in [1.807, 2.05) is 54.7 Å². The molecule has 0 bridgehead atoms. The van der Waals surface area contributed by atoms with Gasteiger partial charge in [0.25, 0.3) is 0 Å². The molecule has 0 saturated heterocycles. The van der Waals surface area contributed by atoms with E-state index in [1.165, 1.54) is 16.2 Å². The van der Waals surface area contributed by atoms with Crippen molar-refractivity contribution in [1.82, 2.24) is 10.3 Å². The van der Waals surface area contributed by atoms with Gasteiger partial charge in [0.1, 0.15) is 23.3 Å². The molecule has 0 radical (unpaired) electrons. The van der Waals surface area contributed by atoms with E-state index in [1.54, 1.807) is 0 Å². The number of amidine groups is 2. The molecule has 8 aromatic rings. The Hall–Kier alpha value is -6.07. The van der Waals surface area contributed by atoms with Gasteiger partial charge in [-0.15, -0.1) is 0 Å². The van der Waals surface area contributed by atoms with E-state index in [0.717, 1.165) is 55.3 Å². The molecule has 6 aromatic carbocycles. The Morgan fingerprint density at radius 3 is 2.11 bits per heavy atom. The van der Waals surface area contributed by atoms with Gasteiger partial charge >= 0.3 is 0 Å². The summed E-state index contributed by atoms with van der Waals surface area (Å²) in [5, 5.41) is 10.4. The third-order valence-corrected chi connectivity index (χ3v) is 8.54. The maximum Gasteiger partial charge on any atom is 0.162 e. The van der Waals surface area contributed by atoms with E-state index < -0.39 is 0 Å². The molecular weight excluding hydrogens is 552 g/mol. The van der Waals surface area contributed by atoms with Gasteiger partial charge in [0.2, 0.25) is 0 Å². The minimum Gasteiger partial charge on any atom is -0.454 e. The number of furan rings is 1. The Morgan fingerprint density at radius 2 is 1.29 bits per heavy atom. The highest BCUT2D eigenvalue weighted by Crippen LogP contribution is 2.38. The highest BCUT2D eigenvalue weighted by atomic mass is 16.3. The van der Waals surface area contributed by atoms with Crippen molar-refractivity contribution >= 4 is 55.2 Å². The Bertz CT molecular complexity index is 2470. The molecule has 0 fully saturated rings. The second-order valence-electron chi connectivity index (χ2n) is 11.3. The number of rotatable bonds is 4. The minimum absolute atomic E-state index is 0.342. The number of fused-ring (bicyclic) bond motifs is 5. The molecule has 1 atom stereocenters. The number of nitrogens with one attached hydrogen (secondary N) is 1. The summed E-state index contributed by atoms with van der Waals surface area (Å²) in [5.41, 5.74) is 6.23. The van der Waals surface area contributed by atoms with Crippen LogP contribution in [0.1, 0.15) is 22.9 Å². The first-order valence-electron chi connectivity index (χ1n) is 15.1. The van der Waals surface area contributed by atoms with Gasteiger partial charge in [-0.1, -0.05) is 121 Å². The number of pyridine rings is 1. The van der Waals surface area contributed by atoms with Crippen molar-refractivity contribution < 1.29 is 4.42 Å². The van der Waals surface area contributed by atoms with Gasteiger partial charge in [-0.2, -0.15) is 0 Å². The van der Waals surface area contributed by atoms with Crippen LogP contribution in [0, 0.1) is 0 Å². The fraction of sp³-hybridized carbons (Fsp3) is 0.0250. The van der Waals surface area contributed by atoms with Gasteiger partial charge in [-0.3, -0.25) is 4.98 Å². The van der Waals surface area contributed by atoms with Crippen molar-refractivity contribution in [3.05, 3.63) is 162 Å². The summed E-state index contributed by atoms with van der Waals surface area (Å²) in [5.74, 6) is 1.37. The van der Waals surface area contributed by atoms with Crippen LogP contribution in [-0.2, 0) is 0 Å². The van der Waals surface area contributed by atoms with Crippen molar-refractivity contribution in [3.8, 4) is 11.3 Å². The summed E-state index contributed by atoms with van der Waals surface area (Å²) in [6.45, 7) is 0. The average Bonchev–Trinajstić information content (AvgIpc) is 3.51. The van der Waals surface area contributed by atoms with Crippen LogP contribution in [0.4, 0.5) is 0 Å². The summed E-state index contributed by atoms with van der Waals surface area (Å²) in [4.78, 5) is 15.3. The van der Waals surface area contributed by atoms with E-state index in [2.05, 4.69) is 96.3 Å². The van der Waals surface area contributed by atoms with Gasteiger partial charge in [0.15, 0.2) is 11.4 Å². The fourth-order valence-corrected chi connectivity index (χ4v) is 6.30. The second-order valence-corrected chi connectivity index (χ2v) is 11.3. The van der Waals surface area contributed by atoms with Crippen LogP contribution in [0.5, 0.6) is 0 Å². The number of para-hydroxylation sites is 1. The van der Waals surface area contributed by atoms with Crippen molar-refractivity contribution in [2.24, 2.45) is 9.98 Å². The van der Waals surface area contributed by atoms with E-state index in [9.17, 15) is 0 Å². The summed E-state index contributed by atoms with van der Waals surface area (Å²) in [6, 6.07) is 48.0. The Morgan fingerprint density at radius 1 is 0.600 bits per heavy atom. The largest absolute Gasteiger partial charge is 0.454 e. The Balaban J connectivity index is 1.25. The number of hydrogen-bond donors (Lipinski definition) is 1. The Kier molecular flexibility index (Phi) is 5.81. The van der Waals surface area contributed by atoms with Crippen LogP contribution in [0.25, 0.3) is 54.7 Å². The van der Waals surface area contributed by atoms with Crippen LogP contribution < -0.4 is 5.32 Å². The first-order valence-corrected chi connectivity index (χ1v) is 15.1. The van der Waals surface area contributed by atoms with Crippen LogP contribution in [0.15, 0.2) is 160 Å². The average molecular weight is 579 g/mol. The molecule has 0 saturated carbocycles. The molecule has 0 spiro atoms. The lowest BCUT2D eigenvalue weighted by Gasteiger charge is -2.24. The van der Waals surface area contributed by atoms with Gasteiger partial charge in [-0.25, -0.2) is 9.98 Å². The number of benzene rings is 6. The molecule has 1 aliphatic heterocycles. The minimum atomic E-state index is -0.342. The molecule has 1 aliphatic rings. The van der Waals surface area contributed by atoms with Crippen molar-refractivity contribution in [1.29, 1.82) is 0 Å². The third-order valence-electron chi connectivity index (χ3n) is 8.54. The zero-order valence-electron chi connectivity index (χ0n) is 24.2. The van der Waals surface area contributed by atoms with Crippen LogP contribution >= 0.6 is 0 Å². The quantitative estimate of drug-likeness (QED) is 0.226. The van der Waals surface area contributed by atoms with Crippen LogP contribution in [-0.4, -0.2) is 16.7 Å². The SMILES string of the molecule is c1ccc(C2=NC(c3ccc4ccccc4c3)NC(c3cnc(-c4ccc5ccccc5c4)c4oc5ccccc5c34)=N2)cc1. The number of aromatic nitrogens is 1. The van der Waals surface area contributed by atoms with Crippen molar-refractivity contribution in [2.75, 3.05) is 0 Å². The fourth-order valence-electron chi connectivity index (χ4n) is 6.30. The molecule has 0 aliphatic carbocycles. The monoisotopic (exact) mass is 578 g/mol. The van der Waals surface area contributed by atoms with Crippen LogP contribution in [0.2, 0.25) is 0 Å². The zero-order valence-corrected chi connectivity index (χ0v) is 24.2. The van der Waals surface area contributed by atoms with Gasteiger partial charge in [-0.05, 0) is 45.3 Å². The summed E-state index contributed by atoms with van der Waals surface area (Å²) in [6.07, 6.45) is 1.58. The summed E-state index contributed by atoms with van der Waals surface area (Å²) >= 11 is 0. The topological polar surface area (TPSA) is 62.8 Å². The smallest absolute Gasteiger partial charge is 0.162 e. The first kappa shape index (κ1) is 25.4. The number of nitrogens with zero attached hydrogens (tertiary/aromatic N) is 3. The van der Waals surface area contributed by atoms with E-state index in [4.69, 9.17) is 19.4 Å². The molecular formula is C40H26N4O. The van der Waals surface area contributed by atoms with E-state index in [-0.39, 0.29) is 6.17 Å².